The molecule has 0 aromatic heterocycles. The number of halogens is 1. The van der Waals surface area contributed by atoms with Gasteiger partial charge in [0.2, 0.25) is 5.91 Å². The summed E-state index contributed by atoms with van der Waals surface area (Å²) in [6.45, 7) is 2.75. The molecule has 2 N–H and O–H groups in total. The van der Waals surface area contributed by atoms with Crippen LogP contribution < -0.4 is 10.2 Å². The number of nitrogens with one attached hydrogen (secondary N) is 1. The molecule has 5 heteroatoms. The molecule has 2 atom stereocenters. The number of hydrogen-bond donors (Lipinski definition) is 2. The van der Waals surface area contributed by atoms with Crippen LogP contribution in [-0.4, -0.2) is 36.2 Å². The average Bonchev–Trinajstić information content (AvgIpc) is 2.32. The van der Waals surface area contributed by atoms with Crippen LogP contribution in [0.1, 0.15) is 13.3 Å². The molecule has 18 heavy (non-hydrogen) atoms. The van der Waals surface area contributed by atoms with E-state index >= 15 is 0 Å². The lowest BCUT2D eigenvalue weighted by molar-refractivity contribution is -0.124. The first-order valence-electron chi connectivity index (χ1n) is 6.05. The highest BCUT2D eigenvalue weighted by molar-refractivity contribution is 9.10. The predicted molar refractivity (Wildman–Crippen MR) is 74.6 cm³/mol. The number of benzene rings is 1. The molecule has 1 fully saturated rings. The van der Waals surface area contributed by atoms with Crippen molar-refractivity contribution in [3.05, 3.63) is 28.7 Å². The van der Waals surface area contributed by atoms with E-state index in [2.05, 4.69) is 26.1 Å². The zero-order valence-electron chi connectivity index (χ0n) is 10.3. The Balaban J connectivity index is 2.28. The van der Waals surface area contributed by atoms with E-state index in [0.29, 0.717) is 6.42 Å². The lowest BCUT2D eigenvalue weighted by atomic mass is 10.0. The van der Waals surface area contributed by atoms with E-state index < -0.39 is 0 Å². The van der Waals surface area contributed by atoms with Crippen molar-refractivity contribution >= 4 is 27.5 Å². The molecule has 2 rings (SSSR count). The van der Waals surface area contributed by atoms with Crippen molar-refractivity contribution in [2.24, 2.45) is 0 Å². The lowest BCUT2D eigenvalue weighted by Crippen LogP contribution is -2.59. The van der Waals surface area contributed by atoms with Crippen molar-refractivity contribution in [3.8, 4) is 0 Å². The van der Waals surface area contributed by atoms with E-state index in [4.69, 9.17) is 5.11 Å². The van der Waals surface area contributed by atoms with E-state index in [1.54, 1.807) is 0 Å². The van der Waals surface area contributed by atoms with Crippen molar-refractivity contribution in [1.82, 2.24) is 5.32 Å². The number of anilines is 1. The second kappa shape index (κ2) is 5.71. The molecular weight excluding hydrogens is 296 g/mol. The van der Waals surface area contributed by atoms with E-state index in [1.807, 2.05) is 31.2 Å². The number of rotatable bonds is 3. The summed E-state index contributed by atoms with van der Waals surface area (Å²) < 4.78 is 0.987. The molecule has 1 aliphatic heterocycles. The third-order valence-corrected chi connectivity index (χ3v) is 3.57. The van der Waals surface area contributed by atoms with Gasteiger partial charge >= 0.3 is 0 Å². The number of carbonyl (C=O) groups is 1. The Hall–Kier alpha value is -1.07. The Bertz CT molecular complexity index is 439. The van der Waals surface area contributed by atoms with Crippen molar-refractivity contribution in [3.63, 3.8) is 0 Å². The molecule has 0 bridgehead atoms. The highest BCUT2D eigenvalue weighted by atomic mass is 79.9. The molecule has 0 spiro atoms. The topological polar surface area (TPSA) is 52.6 Å². The van der Waals surface area contributed by atoms with Crippen molar-refractivity contribution in [2.45, 2.75) is 25.4 Å². The highest BCUT2D eigenvalue weighted by Gasteiger charge is 2.32. The molecule has 0 aliphatic carbocycles. The summed E-state index contributed by atoms with van der Waals surface area (Å²) in [4.78, 5) is 14.0. The zero-order chi connectivity index (χ0) is 13.1. The van der Waals surface area contributed by atoms with Crippen LogP contribution in [0.2, 0.25) is 0 Å². The quantitative estimate of drug-likeness (QED) is 0.890. The summed E-state index contributed by atoms with van der Waals surface area (Å²) in [5, 5.41) is 12.0. The number of piperazine rings is 1. The second-order valence-electron chi connectivity index (χ2n) is 4.57. The van der Waals surface area contributed by atoms with Crippen LogP contribution in [0.5, 0.6) is 0 Å². The Kier molecular flexibility index (Phi) is 4.24. The van der Waals surface area contributed by atoms with Crippen molar-refractivity contribution in [1.29, 1.82) is 0 Å². The monoisotopic (exact) mass is 312 g/mol. The van der Waals surface area contributed by atoms with Gasteiger partial charge in [0, 0.05) is 29.4 Å². The second-order valence-corrected chi connectivity index (χ2v) is 5.49. The van der Waals surface area contributed by atoms with Gasteiger partial charge in [-0.1, -0.05) is 22.0 Å². The summed E-state index contributed by atoms with van der Waals surface area (Å²) >= 11 is 3.44. The van der Waals surface area contributed by atoms with E-state index in [-0.39, 0.29) is 24.6 Å². The first-order chi connectivity index (χ1) is 8.61. The smallest absolute Gasteiger partial charge is 0.243 e. The summed E-state index contributed by atoms with van der Waals surface area (Å²) in [6, 6.07) is 7.72. The summed E-state index contributed by atoms with van der Waals surface area (Å²) in [5.74, 6) is -0.0113. The van der Waals surface area contributed by atoms with Gasteiger partial charge in [-0.2, -0.15) is 0 Å². The minimum absolute atomic E-state index is 0.0109. The third-order valence-electron chi connectivity index (χ3n) is 3.08. The first-order valence-corrected chi connectivity index (χ1v) is 6.84. The minimum atomic E-state index is -0.291. The van der Waals surface area contributed by atoms with Gasteiger partial charge in [-0.25, -0.2) is 0 Å². The number of aliphatic hydroxyl groups is 1. The average molecular weight is 313 g/mol. The maximum absolute atomic E-state index is 12.0. The van der Waals surface area contributed by atoms with Crippen LogP contribution in [-0.2, 0) is 4.79 Å². The first kappa shape index (κ1) is 13.4. The fraction of sp³-hybridized carbons (Fsp3) is 0.462. The maximum Gasteiger partial charge on any atom is 0.243 e. The van der Waals surface area contributed by atoms with Crippen LogP contribution in [0.3, 0.4) is 0 Å². The van der Waals surface area contributed by atoms with E-state index in [0.717, 1.165) is 16.7 Å². The molecule has 0 saturated carbocycles. The molecule has 1 amide bonds. The van der Waals surface area contributed by atoms with Crippen LogP contribution in [0.25, 0.3) is 0 Å². The summed E-state index contributed by atoms with van der Waals surface area (Å²) in [6.07, 6.45) is 0.449. The van der Waals surface area contributed by atoms with Gasteiger partial charge in [0.15, 0.2) is 0 Å². The minimum Gasteiger partial charge on any atom is -0.396 e. The SMILES string of the molecule is CC1CN(c2cccc(Br)c2)C(CCO)C(=O)N1. The molecule has 2 unspecified atom stereocenters. The number of aliphatic hydroxyl groups excluding tert-OH is 1. The molecule has 1 aliphatic rings. The van der Waals surface area contributed by atoms with Crippen molar-refractivity contribution < 1.29 is 9.90 Å². The van der Waals surface area contributed by atoms with E-state index in [1.165, 1.54) is 0 Å². The molecule has 4 nitrogen and oxygen atoms in total. The van der Waals surface area contributed by atoms with Crippen LogP contribution in [0, 0.1) is 0 Å². The normalized spacial score (nSPS) is 23.9. The van der Waals surface area contributed by atoms with Gasteiger partial charge in [0.1, 0.15) is 6.04 Å². The van der Waals surface area contributed by atoms with Gasteiger partial charge in [-0.05, 0) is 31.5 Å². The van der Waals surface area contributed by atoms with E-state index in [9.17, 15) is 4.79 Å². The molecular formula is C13H17BrN2O2. The Morgan fingerprint density at radius 1 is 1.56 bits per heavy atom. The largest absolute Gasteiger partial charge is 0.396 e. The van der Waals surface area contributed by atoms with Crippen molar-refractivity contribution in [2.75, 3.05) is 18.1 Å². The molecule has 1 saturated heterocycles. The van der Waals surface area contributed by atoms with Gasteiger partial charge in [-0.15, -0.1) is 0 Å². The van der Waals surface area contributed by atoms with Gasteiger partial charge in [0.25, 0.3) is 0 Å². The zero-order valence-corrected chi connectivity index (χ0v) is 11.9. The van der Waals surface area contributed by atoms with Gasteiger partial charge < -0.3 is 15.3 Å². The number of amides is 1. The summed E-state index contributed by atoms with van der Waals surface area (Å²) in [7, 11) is 0. The third kappa shape index (κ3) is 2.84. The Morgan fingerprint density at radius 3 is 3.00 bits per heavy atom. The van der Waals surface area contributed by atoms with Crippen LogP contribution in [0.4, 0.5) is 5.69 Å². The van der Waals surface area contributed by atoms with Gasteiger partial charge in [-0.3, -0.25) is 4.79 Å². The number of hydrogen-bond acceptors (Lipinski definition) is 3. The molecule has 98 valence electrons. The Labute approximate surface area is 115 Å². The van der Waals surface area contributed by atoms with Crippen LogP contribution >= 0.6 is 15.9 Å². The number of carbonyl (C=O) groups excluding carboxylic acids is 1. The Morgan fingerprint density at radius 2 is 2.33 bits per heavy atom. The fourth-order valence-corrected chi connectivity index (χ4v) is 2.69. The van der Waals surface area contributed by atoms with Gasteiger partial charge in [0.05, 0.1) is 0 Å². The highest BCUT2D eigenvalue weighted by Crippen LogP contribution is 2.25. The standard InChI is InChI=1S/C13H17BrN2O2/c1-9-8-16(11-4-2-3-10(14)7-11)12(5-6-17)13(18)15-9/h2-4,7,9,12,17H,5-6,8H2,1H3,(H,15,18). The lowest BCUT2D eigenvalue weighted by Gasteiger charge is -2.39. The molecule has 1 aromatic rings. The summed E-state index contributed by atoms with van der Waals surface area (Å²) in [5.41, 5.74) is 1.00. The molecule has 1 heterocycles. The molecule has 1 aromatic carbocycles. The fourth-order valence-electron chi connectivity index (χ4n) is 2.30. The van der Waals surface area contributed by atoms with Crippen LogP contribution in [0.15, 0.2) is 28.7 Å². The maximum atomic E-state index is 12.0. The number of nitrogens with zero attached hydrogens (tertiary/aromatic N) is 1. The predicted octanol–water partition coefficient (Wildman–Crippen LogP) is 1.52. The molecule has 0 radical (unpaired) electrons.